The third-order valence-electron chi connectivity index (χ3n) is 7.59. The Morgan fingerprint density at radius 1 is 1.09 bits per heavy atom. The molecule has 0 unspecified atom stereocenters. The van der Waals surface area contributed by atoms with E-state index in [4.69, 9.17) is 9.72 Å². The van der Waals surface area contributed by atoms with Gasteiger partial charge in [-0.1, -0.05) is 12.1 Å². The van der Waals surface area contributed by atoms with Gasteiger partial charge in [0.05, 0.1) is 30.2 Å². The zero-order valence-corrected chi connectivity index (χ0v) is 19.5. The Kier molecular flexibility index (Phi) is 4.65. The summed E-state index contributed by atoms with van der Waals surface area (Å²) in [4.78, 5) is 22.4. The number of amides is 1. The van der Waals surface area contributed by atoms with Crippen molar-refractivity contribution in [2.75, 3.05) is 25.1 Å². The molecule has 3 aliphatic rings. The average molecular weight is 467 g/mol. The first-order valence-corrected chi connectivity index (χ1v) is 12.1. The molecule has 1 amide bonds. The molecule has 0 saturated carbocycles. The molecule has 176 valence electrons. The Bertz CT molecular complexity index is 1490. The number of pyridine rings is 2. The van der Waals surface area contributed by atoms with Crippen LogP contribution in [0.5, 0.6) is 0 Å². The lowest BCUT2D eigenvalue weighted by atomic mass is 9.89. The number of nitrogens with zero attached hydrogens (tertiary/aromatic N) is 3. The van der Waals surface area contributed by atoms with Crippen molar-refractivity contribution in [2.45, 2.75) is 19.0 Å². The van der Waals surface area contributed by atoms with E-state index < -0.39 is 0 Å². The van der Waals surface area contributed by atoms with Crippen LogP contribution in [0.2, 0.25) is 0 Å². The number of nitrogens with one attached hydrogen (secondary N) is 3. The second kappa shape index (κ2) is 7.90. The number of carbonyl (C=O) groups is 1. The Labute approximate surface area is 202 Å². The van der Waals surface area contributed by atoms with E-state index in [9.17, 15) is 4.79 Å². The van der Waals surface area contributed by atoms with Crippen molar-refractivity contribution in [3.8, 4) is 11.1 Å². The average Bonchev–Trinajstić information content (AvgIpc) is 3.57. The molecule has 1 fully saturated rings. The number of fused-ring (bicyclic) bond motifs is 5. The molecule has 3 aromatic heterocycles. The highest BCUT2D eigenvalue weighted by molar-refractivity contribution is 6.07. The molecule has 1 saturated heterocycles. The first-order valence-electron chi connectivity index (χ1n) is 12.1. The maximum Gasteiger partial charge on any atom is 0.254 e. The predicted octanol–water partition coefficient (Wildman–Crippen LogP) is 3.46. The first-order chi connectivity index (χ1) is 17.2. The second-order valence-electron chi connectivity index (χ2n) is 9.61. The van der Waals surface area contributed by atoms with Gasteiger partial charge in [0.25, 0.3) is 5.91 Å². The van der Waals surface area contributed by atoms with Crippen molar-refractivity contribution in [3.63, 3.8) is 0 Å². The van der Waals surface area contributed by atoms with Crippen LogP contribution >= 0.6 is 0 Å². The molecule has 0 aliphatic carbocycles. The molecule has 35 heavy (non-hydrogen) atoms. The molecule has 2 atom stereocenters. The Morgan fingerprint density at radius 3 is 2.97 bits per heavy atom. The highest BCUT2D eigenvalue weighted by atomic mass is 16.5. The first kappa shape index (κ1) is 20.6. The molecule has 3 N–H and O–H groups in total. The smallest absolute Gasteiger partial charge is 0.254 e. The van der Waals surface area contributed by atoms with Crippen LogP contribution in [0, 0.1) is 5.92 Å². The molecule has 0 bridgehead atoms. The van der Waals surface area contributed by atoms with E-state index in [0.29, 0.717) is 23.9 Å². The topological polar surface area (TPSA) is 93.1 Å². The number of aromatic nitrogens is 3. The molecule has 8 nitrogen and oxygen atoms in total. The zero-order valence-electron chi connectivity index (χ0n) is 19.5. The summed E-state index contributed by atoms with van der Waals surface area (Å²) in [6, 6.07) is 12.4. The summed E-state index contributed by atoms with van der Waals surface area (Å²) in [5.41, 5.74) is 7.83. The van der Waals surface area contributed by atoms with E-state index >= 15 is 0 Å². The lowest BCUT2D eigenvalue weighted by Gasteiger charge is -2.17. The maximum atomic E-state index is 12.9. The zero-order chi connectivity index (χ0) is 23.5. The van der Waals surface area contributed by atoms with Crippen molar-refractivity contribution in [1.29, 1.82) is 0 Å². The number of benzene rings is 1. The van der Waals surface area contributed by atoms with Crippen molar-refractivity contribution in [3.05, 3.63) is 71.2 Å². The summed E-state index contributed by atoms with van der Waals surface area (Å²) in [7, 11) is 1.99. The lowest BCUT2D eigenvalue weighted by molar-refractivity contribution is 0.0966. The van der Waals surface area contributed by atoms with Crippen LogP contribution in [-0.2, 0) is 24.9 Å². The van der Waals surface area contributed by atoms with Gasteiger partial charge in [-0.3, -0.25) is 4.79 Å². The normalized spacial score (nSPS) is 20.8. The van der Waals surface area contributed by atoms with Crippen molar-refractivity contribution in [1.82, 2.24) is 25.2 Å². The number of rotatable bonds is 3. The van der Waals surface area contributed by atoms with E-state index in [1.165, 1.54) is 5.56 Å². The van der Waals surface area contributed by atoms with Gasteiger partial charge in [0.2, 0.25) is 0 Å². The molecule has 0 radical (unpaired) electrons. The summed E-state index contributed by atoms with van der Waals surface area (Å²) in [5, 5.41) is 11.0. The molecule has 1 aromatic carbocycles. The van der Waals surface area contributed by atoms with Crippen LogP contribution in [0.4, 0.5) is 11.5 Å². The number of hydrogen-bond donors (Lipinski definition) is 3. The van der Waals surface area contributed by atoms with E-state index in [-0.39, 0.29) is 5.91 Å². The molecular weight excluding hydrogens is 440 g/mol. The highest BCUT2D eigenvalue weighted by Crippen LogP contribution is 2.39. The molecular formula is C27H26N6O2. The maximum absolute atomic E-state index is 12.9. The van der Waals surface area contributed by atoms with Gasteiger partial charge in [0.15, 0.2) is 0 Å². The summed E-state index contributed by atoms with van der Waals surface area (Å²) < 4.78 is 7.75. The SMILES string of the molecule is Cn1ccc2c(-c3ccc(Nc4ccc5c(n4)CNC[C@@H]4COC[C@H]54)c4c3CNC4=O)ccnc21. The molecule has 3 aliphatic heterocycles. The molecule has 8 heteroatoms. The van der Waals surface area contributed by atoms with Gasteiger partial charge in [-0.2, -0.15) is 0 Å². The summed E-state index contributed by atoms with van der Waals surface area (Å²) in [6.45, 7) is 3.75. The van der Waals surface area contributed by atoms with E-state index in [1.807, 2.05) is 42.2 Å². The number of hydrogen-bond acceptors (Lipinski definition) is 6. The largest absolute Gasteiger partial charge is 0.380 e. The Balaban J connectivity index is 1.28. The van der Waals surface area contributed by atoms with Gasteiger partial charge in [-0.15, -0.1) is 0 Å². The fourth-order valence-corrected chi connectivity index (χ4v) is 5.82. The number of anilines is 2. The van der Waals surface area contributed by atoms with Crippen LogP contribution in [0.15, 0.2) is 48.8 Å². The summed E-state index contributed by atoms with van der Waals surface area (Å²) >= 11 is 0. The number of carbonyl (C=O) groups excluding carboxylic acids is 1. The number of aryl methyl sites for hydroxylation is 1. The van der Waals surface area contributed by atoms with Gasteiger partial charge in [0, 0.05) is 56.3 Å². The molecule has 7 rings (SSSR count). The summed E-state index contributed by atoms with van der Waals surface area (Å²) in [5.74, 6) is 1.57. The molecule has 4 aromatic rings. The van der Waals surface area contributed by atoms with Crippen molar-refractivity contribution < 1.29 is 9.53 Å². The predicted molar refractivity (Wildman–Crippen MR) is 134 cm³/mol. The van der Waals surface area contributed by atoms with E-state index in [2.05, 4.69) is 39.1 Å². The minimum atomic E-state index is -0.0647. The summed E-state index contributed by atoms with van der Waals surface area (Å²) in [6.07, 6.45) is 3.84. The minimum absolute atomic E-state index is 0.0647. The van der Waals surface area contributed by atoms with Crippen molar-refractivity contribution >= 4 is 28.4 Å². The van der Waals surface area contributed by atoms with E-state index in [0.717, 1.165) is 71.2 Å². The standard InChI is InChI=1S/C27H26N6O2/c1-33-9-7-19-17(6-8-29-26(19)33)16-2-4-22(25-20(16)11-30-27(25)34)31-24-5-3-18-21-14-35-13-15(21)10-28-12-23(18)32-24/h2-9,15,21,28H,10-14H2,1H3,(H,30,34)(H,31,32)/t15-,21+/m1/s1. The fraction of sp³-hybridized carbons (Fsp3) is 0.296. The minimum Gasteiger partial charge on any atom is -0.380 e. The quantitative estimate of drug-likeness (QED) is 0.428. The van der Waals surface area contributed by atoms with Crippen molar-refractivity contribution in [2.24, 2.45) is 13.0 Å². The Hall–Kier alpha value is -3.75. The third-order valence-corrected chi connectivity index (χ3v) is 7.59. The Morgan fingerprint density at radius 2 is 2.03 bits per heavy atom. The monoisotopic (exact) mass is 466 g/mol. The van der Waals surface area contributed by atoms with Gasteiger partial charge in [-0.05, 0) is 46.5 Å². The van der Waals surface area contributed by atoms with Gasteiger partial charge in [-0.25, -0.2) is 9.97 Å². The fourth-order valence-electron chi connectivity index (χ4n) is 5.82. The van der Waals surface area contributed by atoms with Gasteiger partial charge in [0.1, 0.15) is 11.5 Å². The van der Waals surface area contributed by atoms with Crippen LogP contribution in [-0.4, -0.2) is 40.2 Å². The molecule has 6 heterocycles. The van der Waals surface area contributed by atoms with Gasteiger partial charge >= 0.3 is 0 Å². The van der Waals surface area contributed by atoms with Crippen LogP contribution in [0.3, 0.4) is 0 Å². The number of ether oxygens (including phenoxy) is 1. The molecule has 0 spiro atoms. The van der Waals surface area contributed by atoms with Crippen LogP contribution in [0.25, 0.3) is 22.2 Å². The van der Waals surface area contributed by atoms with E-state index in [1.54, 1.807) is 0 Å². The third kappa shape index (κ3) is 3.25. The van der Waals surface area contributed by atoms with Crippen LogP contribution in [0.1, 0.15) is 33.1 Å². The highest BCUT2D eigenvalue weighted by Gasteiger charge is 2.33. The van der Waals surface area contributed by atoms with Crippen LogP contribution < -0.4 is 16.0 Å². The van der Waals surface area contributed by atoms with Gasteiger partial charge < -0.3 is 25.3 Å². The second-order valence-corrected chi connectivity index (χ2v) is 9.61. The lowest BCUT2D eigenvalue weighted by Crippen LogP contribution is -2.22.